The van der Waals surface area contributed by atoms with E-state index >= 15 is 0 Å². The standard InChI is InChI=1S/C14H28BrNO/c1-3-4-5-6-7-8-9-10-14(17)16-13(2)11-12-15/h13H,3-12H2,1-2H3,(H,16,17). The second kappa shape index (κ2) is 12.4. The van der Waals surface area contributed by atoms with Crippen LogP contribution in [0.2, 0.25) is 0 Å². The van der Waals surface area contributed by atoms with Crippen molar-refractivity contribution in [3.8, 4) is 0 Å². The van der Waals surface area contributed by atoms with Crippen LogP contribution in [-0.4, -0.2) is 17.3 Å². The molecular formula is C14H28BrNO. The van der Waals surface area contributed by atoms with Crippen molar-refractivity contribution in [1.82, 2.24) is 5.32 Å². The van der Waals surface area contributed by atoms with E-state index in [4.69, 9.17) is 0 Å². The summed E-state index contributed by atoms with van der Waals surface area (Å²) in [5.74, 6) is 0.215. The van der Waals surface area contributed by atoms with Gasteiger partial charge in [-0.3, -0.25) is 4.79 Å². The summed E-state index contributed by atoms with van der Waals surface area (Å²) >= 11 is 3.38. The van der Waals surface area contributed by atoms with Gasteiger partial charge in [0.05, 0.1) is 0 Å². The minimum absolute atomic E-state index is 0.215. The number of carbonyl (C=O) groups excluding carboxylic acids is 1. The van der Waals surface area contributed by atoms with Gasteiger partial charge in [0.25, 0.3) is 0 Å². The third-order valence-corrected chi connectivity index (χ3v) is 3.41. The maximum atomic E-state index is 11.5. The number of unbranched alkanes of at least 4 members (excludes halogenated alkanes) is 6. The Balaban J connectivity index is 3.27. The van der Waals surface area contributed by atoms with E-state index < -0.39 is 0 Å². The van der Waals surface area contributed by atoms with Crippen LogP contribution in [0.25, 0.3) is 0 Å². The third kappa shape index (κ3) is 12.2. The van der Waals surface area contributed by atoms with E-state index in [0.717, 1.165) is 18.2 Å². The van der Waals surface area contributed by atoms with Crippen LogP contribution in [0.4, 0.5) is 0 Å². The minimum atomic E-state index is 0.215. The largest absolute Gasteiger partial charge is 0.354 e. The molecular weight excluding hydrogens is 278 g/mol. The summed E-state index contributed by atoms with van der Waals surface area (Å²) in [5, 5.41) is 3.97. The molecule has 1 N–H and O–H groups in total. The van der Waals surface area contributed by atoms with Crippen LogP contribution >= 0.6 is 15.9 Å². The number of alkyl halides is 1. The molecule has 0 bridgehead atoms. The fourth-order valence-corrected chi connectivity index (χ4v) is 2.51. The van der Waals surface area contributed by atoms with Crippen molar-refractivity contribution in [2.75, 3.05) is 5.33 Å². The first kappa shape index (κ1) is 16.9. The van der Waals surface area contributed by atoms with Crippen LogP contribution in [0.3, 0.4) is 0 Å². The predicted octanol–water partition coefficient (Wildman–Crippen LogP) is 4.42. The lowest BCUT2D eigenvalue weighted by atomic mass is 10.1. The van der Waals surface area contributed by atoms with Crippen molar-refractivity contribution in [1.29, 1.82) is 0 Å². The van der Waals surface area contributed by atoms with Gasteiger partial charge in [-0.05, 0) is 19.8 Å². The highest BCUT2D eigenvalue weighted by atomic mass is 79.9. The molecule has 0 aromatic rings. The van der Waals surface area contributed by atoms with E-state index in [1.807, 2.05) is 0 Å². The molecule has 17 heavy (non-hydrogen) atoms. The summed E-state index contributed by atoms with van der Waals surface area (Å²) in [5.41, 5.74) is 0. The smallest absolute Gasteiger partial charge is 0.220 e. The molecule has 1 unspecified atom stereocenters. The highest BCUT2D eigenvalue weighted by Gasteiger charge is 2.05. The average molecular weight is 306 g/mol. The molecule has 0 aliphatic heterocycles. The zero-order valence-corrected chi connectivity index (χ0v) is 13.0. The van der Waals surface area contributed by atoms with Crippen molar-refractivity contribution in [2.45, 2.75) is 77.7 Å². The molecule has 1 atom stereocenters. The molecule has 0 aromatic heterocycles. The average Bonchev–Trinajstić information content (AvgIpc) is 2.28. The zero-order valence-electron chi connectivity index (χ0n) is 11.4. The monoisotopic (exact) mass is 305 g/mol. The van der Waals surface area contributed by atoms with Gasteiger partial charge in [0.2, 0.25) is 5.91 Å². The Morgan fingerprint density at radius 3 is 2.29 bits per heavy atom. The second-order valence-corrected chi connectivity index (χ2v) is 5.61. The molecule has 0 aliphatic carbocycles. The van der Waals surface area contributed by atoms with E-state index in [1.54, 1.807) is 0 Å². The molecule has 0 rings (SSSR count). The van der Waals surface area contributed by atoms with Gasteiger partial charge in [0.15, 0.2) is 0 Å². The number of hydrogen-bond donors (Lipinski definition) is 1. The van der Waals surface area contributed by atoms with Gasteiger partial charge in [-0.15, -0.1) is 0 Å². The topological polar surface area (TPSA) is 29.1 Å². The number of halogens is 1. The first-order valence-electron chi connectivity index (χ1n) is 7.06. The number of carbonyl (C=O) groups is 1. The van der Waals surface area contributed by atoms with Gasteiger partial charge < -0.3 is 5.32 Å². The van der Waals surface area contributed by atoms with Gasteiger partial charge >= 0.3 is 0 Å². The number of amides is 1. The molecule has 0 heterocycles. The Hall–Kier alpha value is -0.0500. The first-order valence-corrected chi connectivity index (χ1v) is 8.18. The van der Waals surface area contributed by atoms with Crippen LogP contribution in [-0.2, 0) is 4.79 Å². The van der Waals surface area contributed by atoms with E-state index in [2.05, 4.69) is 35.1 Å². The maximum Gasteiger partial charge on any atom is 0.220 e. The Labute approximate surface area is 115 Å². The molecule has 0 spiro atoms. The predicted molar refractivity (Wildman–Crippen MR) is 78.6 cm³/mol. The fourth-order valence-electron chi connectivity index (χ4n) is 1.83. The van der Waals surface area contributed by atoms with Gasteiger partial charge in [-0.2, -0.15) is 0 Å². The van der Waals surface area contributed by atoms with Gasteiger partial charge in [0, 0.05) is 17.8 Å². The van der Waals surface area contributed by atoms with Gasteiger partial charge in [-0.25, -0.2) is 0 Å². The van der Waals surface area contributed by atoms with Gasteiger partial charge in [-0.1, -0.05) is 61.4 Å². The van der Waals surface area contributed by atoms with Crippen molar-refractivity contribution in [3.63, 3.8) is 0 Å². The molecule has 1 amide bonds. The van der Waals surface area contributed by atoms with E-state index in [0.29, 0.717) is 12.5 Å². The lowest BCUT2D eigenvalue weighted by Gasteiger charge is -2.12. The third-order valence-electron chi connectivity index (χ3n) is 2.96. The Morgan fingerprint density at radius 2 is 1.71 bits per heavy atom. The van der Waals surface area contributed by atoms with Crippen LogP contribution in [0.1, 0.15) is 71.6 Å². The zero-order chi connectivity index (χ0) is 12.9. The maximum absolute atomic E-state index is 11.5. The van der Waals surface area contributed by atoms with Gasteiger partial charge in [0.1, 0.15) is 0 Å². The summed E-state index contributed by atoms with van der Waals surface area (Å²) in [6.45, 7) is 4.29. The van der Waals surface area contributed by atoms with Crippen LogP contribution < -0.4 is 5.32 Å². The van der Waals surface area contributed by atoms with Crippen LogP contribution in [0.15, 0.2) is 0 Å². The summed E-state index contributed by atoms with van der Waals surface area (Å²) in [6.07, 6.45) is 10.6. The molecule has 0 radical (unpaired) electrons. The second-order valence-electron chi connectivity index (χ2n) is 4.82. The summed E-state index contributed by atoms with van der Waals surface area (Å²) in [4.78, 5) is 11.5. The minimum Gasteiger partial charge on any atom is -0.354 e. The Bertz CT molecular complexity index is 185. The molecule has 102 valence electrons. The lowest BCUT2D eigenvalue weighted by Crippen LogP contribution is -2.32. The normalized spacial score (nSPS) is 12.4. The van der Waals surface area contributed by atoms with E-state index in [-0.39, 0.29) is 5.91 Å². The van der Waals surface area contributed by atoms with Crippen molar-refractivity contribution >= 4 is 21.8 Å². The quantitative estimate of drug-likeness (QED) is 0.444. The summed E-state index contributed by atoms with van der Waals surface area (Å²) in [7, 11) is 0. The molecule has 0 saturated heterocycles. The molecule has 2 nitrogen and oxygen atoms in total. The van der Waals surface area contributed by atoms with Crippen molar-refractivity contribution < 1.29 is 4.79 Å². The SMILES string of the molecule is CCCCCCCCCC(=O)NC(C)CCBr. The van der Waals surface area contributed by atoms with Crippen LogP contribution in [0, 0.1) is 0 Å². The van der Waals surface area contributed by atoms with E-state index in [9.17, 15) is 4.79 Å². The highest BCUT2D eigenvalue weighted by molar-refractivity contribution is 9.09. The van der Waals surface area contributed by atoms with Crippen molar-refractivity contribution in [2.24, 2.45) is 0 Å². The number of rotatable bonds is 11. The first-order chi connectivity index (χ1) is 8.20. The number of hydrogen-bond acceptors (Lipinski definition) is 1. The fraction of sp³-hybridized carbons (Fsp3) is 0.929. The molecule has 3 heteroatoms. The highest BCUT2D eigenvalue weighted by Crippen LogP contribution is 2.08. The van der Waals surface area contributed by atoms with Crippen LogP contribution in [0.5, 0.6) is 0 Å². The molecule has 0 fully saturated rings. The molecule has 0 aliphatic rings. The molecule has 0 saturated carbocycles. The Kier molecular flexibility index (Phi) is 12.4. The Morgan fingerprint density at radius 1 is 1.12 bits per heavy atom. The van der Waals surface area contributed by atoms with E-state index in [1.165, 1.54) is 38.5 Å². The number of nitrogens with one attached hydrogen (secondary N) is 1. The molecule has 0 aromatic carbocycles. The lowest BCUT2D eigenvalue weighted by molar-refractivity contribution is -0.121. The summed E-state index contributed by atoms with van der Waals surface area (Å²) < 4.78 is 0. The van der Waals surface area contributed by atoms with Crippen molar-refractivity contribution in [3.05, 3.63) is 0 Å². The summed E-state index contributed by atoms with van der Waals surface area (Å²) in [6, 6.07) is 0.298.